The van der Waals surface area contributed by atoms with Crippen molar-refractivity contribution in [2.75, 3.05) is 18.6 Å². The number of methoxy groups -OCH3 is 1. The minimum absolute atomic E-state index is 0.0340. The predicted octanol–water partition coefficient (Wildman–Crippen LogP) is 1.04. The van der Waals surface area contributed by atoms with Crippen LogP contribution in [0.4, 0.5) is 0 Å². The molecule has 0 aromatic heterocycles. The summed E-state index contributed by atoms with van der Waals surface area (Å²) >= 11 is 0. The highest BCUT2D eigenvalue weighted by Gasteiger charge is 2.21. The summed E-state index contributed by atoms with van der Waals surface area (Å²) in [6, 6.07) is 4.60. The molecule has 104 valence electrons. The van der Waals surface area contributed by atoms with Crippen LogP contribution in [0.25, 0.3) is 0 Å². The van der Waals surface area contributed by atoms with Gasteiger partial charge in [-0.2, -0.15) is 0 Å². The van der Waals surface area contributed by atoms with Crippen LogP contribution in [-0.4, -0.2) is 39.9 Å². The van der Waals surface area contributed by atoms with Crippen molar-refractivity contribution in [2.24, 2.45) is 0 Å². The Labute approximate surface area is 114 Å². The number of carbonyl (C=O) groups is 1. The molecule has 0 saturated carbocycles. The Morgan fingerprint density at radius 1 is 1.42 bits per heavy atom. The Morgan fingerprint density at radius 2 is 2.11 bits per heavy atom. The van der Waals surface area contributed by atoms with Gasteiger partial charge in [0.05, 0.1) is 12.7 Å². The van der Waals surface area contributed by atoms with E-state index < -0.39 is 10.8 Å². The quantitative estimate of drug-likeness (QED) is 0.869. The Morgan fingerprint density at radius 3 is 2.68 bits per heavy atom. The second-order valence-corrected chi connectivity index (χ2v) is 6.18. The molecule has 1 aliphatic rings. The molecule has 1 fully saturated rings. The van der Waals surface area contributed by atoms with Crippen molar-refractivity contribution in [3.63, 3.8) is 0 Å². The Hall–Kier alpha value is -1.56. The molecule has 2 N–H and O–H groups in total. The minimum atomic E-state index is -0.746. The summed E-state index contributed by atoms with van der Waals surface area (Å²) in [6.45, 7) is 0. The van der Waals surface area contributed by atoms with Crippen LogP contribution in [0.15, 0.2) is 18.2 Å². The summed E-state index contributed by atoms with van der Waals surface area (Å²) in [7, 11) is 0.751. The van der Waals surface area contributed by atoms with Gasteiger partial charge < -0.3 is 15.2 Å². The molecular weight excluding hydrogens is 266 g/mol. The molecule has 1 aromatic rings. The van der Waals surface area contributed by atoms with Gasteiger partial charge in [-0.1, -0.05) is 0 Å². The molecule has 1 heterocycles. The zero-order chi connectivity index (χ0) is 13.8. The van der Waals surface area contributed by atoms with Gasteiger partial charge in [0.1, 0.15) is 11.5 Å². The zero-order valence-electron chi connectivity index (χ0n) is 10.7. The highest BCUT2D eigenvalue weighted by atomic mass is 32.2. The molecule has 0 atom stereocenters. The first kappa shape index (κ1) is 13.9. The van der Waals surface area contributed by atoms with Crippen molar-refractivity contribution in [1.82, 2.24) is 5.32 Å². The largest absolute Gasteiger partial charge is 0.507 e. The van der Waals surface area contributed by atoms with Crippen molar-refractivity contribution in [1.29, 1.82) is 0 Å². The number of phenolic OH excluding ortho intramolecular Hbond substituents is 1. The standard InChI is InChI=1S/C13H17NO4S/c1-18-10-2-3-11(12(15)8-10)13(16)14-9-4-6-19(17)7-5-9/h2-3,8-9,15H,4-7H2,1H3,(H,14,16). The average molecular weight is 283 g/mol. The van der Waals surface area contributed by atoms with E-state index in [1.165, 1.54) is 19.2 Å². The number of ether oxygens (including phenoxy) is 1. The number of benzene rings is 1. The predicted molar refractivity (Wildman–Crippen MR) is 73.0 cm³/mol. The minimum Gasteiger partial charge on any atom is -0.507 e. The lowest BCUT2D eigenvalue weighted by atomic mass is 10.1. The maximum absolute atomic E-state index is 12.0. The molecule has 1 aromatic carbocycles. The number of aromatic hydroxyl groups is 1. The maximum atomic E-state index is 12.0. The third-order valence-electron chi connectivity index (χ3n) is 3.17. The van der Waals surface area contributed by atoms with Crippen LogP contribution < -0.4 is 10.1 Å². The fourth-order valence-corrected chi connectivity index (χ4v) is 3.33. The number of rotatable bonds is 3. The van der Waals surface area contributed by atoms with Gasteiger partial charge in [-0.25, -0.2) is 0 Å². The Kier molecular flexibility index (Phi) is 4.42. The summed E-state index contributed by atoms with van der Waals surface area (Å²) in [6.07, 6.45) is 1.44. The van der Waals surface area contributed by atoms with E-state index in [1.54, 1.807) is 6.07 Å². The lowest BCUT2D eigenvalue weighted by molar-refractivity contribution is 0.0932. The smallest absolute Gasteiger partial charge is 0.255 e. The molecule has 0 bridgehead atoms. The van der Waals surface area contributed by atoms with E-state index in [0.29, 0.717) is 17.3 Å². The highest BCUT2D eigenvalue weighted by Crippen LogP contribution is 2.23. The van der Waals surface area contributed by atoms with Crippen molar-refractivity contribution in [3.8, 4) is 11.5 Å². The molecular formula is C13H17NO4S. The number of hydrogen-bond donors (Lipinski definition) is 2. The van der Waals surface area contributed by atoms with Gasteiger partial charge in [-0.05, 0) is 25.0 Å². The molecule has 0 unspecified atom stereocenters. The Bertz CT molecular complexity index is 493. The van der Waals surface area contributed by atoms with Crippen molar-refractivity contribution >= 4 is 16.7 Å². The van der Waals surface area contributed by atoms with Crippen LogP contribution in [0, 0.1) is 0 Å². The van der Waals surface area contributed by atoms with Gasteiger partial charge in [-0.3, -0.25) is 9.00 Å². The van der Waals surface area contributed by atoms with Crippen molar-refractivity contribution < 1.29 is 18.8 Å². The lowest BCUT2D eigenvalue weighted by Crippen LogP contribution is -2.39. The Balaban J connectivity index is 2.01. The van der Waals surface area contributed by atoms with Gasteiger partial charge >= 0.3 is 0 Å². The van der Waals surface area contributed by atoms with Crippen LogP contribution in [0.5, 0.6) is 11.5 Å². The topological polar surface area (TPSA) is 75.6 Å². The third kappa shape index (κ3) is 3.47. The lowest BCUT2D eigenvalue weighted by Gasteiger charge is -2.22. The van der Waals surface area contributed by atoms with Gasteiger partial charge in [0.15, 0.2) is 0 Å². The van der Waals surface area contributed by atoms with Crippen LogP contribution in [-0.2, 0) is 10.8 Å². The number of phenols is 1. The number of nitrogens with one attached hydrogen (secondary N) is 1. The molecule has 5 nitrogen and oxygen atoms in total. The van der Waals surface area contributed by atoms with Crippen molar-refractivity contribution in [2.45, 2.75) is 18.9 Å². The summed E-state index contributed by atoms with van der Waals surface area (Å²) in [5, 5.41) is 12.6. The van der Waals surface area contributed by atoms with Gasteiger partial charge in [-0.15, -0.1) is 0 Å². The monoisotopic (exact) mass is 283 g/mol. The van der Waals surface area contributed by atoms with E-state index in [0.717, 1.165) is 12.8 Å². The third-order valence-corrected chi connectivity index (χ3v) is 4.55. The van der Waals surface area contributed by atoms with Crippen LogP contribution in [0.2, 0.25) is 0 Å². The molecule has 6 heteroatoms. The van der Waals surface area contributed by atoms with Gasteiger partial charge in [0.25, 0.3) is 5.91 Å². The summed E-state index contributed by atoms with van der Waals surface area (Å²) in [5.74, 6) is 1.34. The second kappa shape index (κ2) is 6.06. The number of amides is 1. The van der Waals surface area contributed by atoms with Crippen LogP contribution >= 0.6 is 0 Å². The van der Waals surface area contributed by atoms with E-state index >= 15 is 0 Å². The number of hydrogen-bond acceptors (Lipinski definition) is 4. The average Bonchev–Trinajstić information content (AvgIpc) is 2.41. The highest BCUT2D eigenvalue weighted by molar-refractivity contribution is 7.85. The van der Waals surface area contributed by atoms with E-state index in [9.17, 15) is 14.1 Å². The molecule has 1 aliphatic heterocycles. The van der Waals surface area contributed by atoms with Crippen LogP contribution in [0.3, 0.4) is 0 Å². The summed E-state index contributed by atoms with van der Waals surface area (Å²) < 4.78 is 16.2. The second-order valence-electron chi connectivity index (χ2n) is 4.48. The summed E-state index contributed by atoms with van der Waals surface area (Å²) in [4.78, 5) is 12.0. The van der Waals surface area contributed by atoms with E-state index in [4.69, 9.17) is 4.74 Å². The molecule has 19 heavy (non-hydrogen) atoms. The fraction of sp³-hybridized carbons (Fsp3) is 0.462. The maximum Gasteiger partial charge on any atom is 0.255 e. The first-order valence-corrected chi connectivity index (χ1v) is 7.62. The molecule has 1 saturated heterocycles. The zero-order valence-corrected chi connectivity index (χ0v) is 11.5. The van der Waals surface area contributed by atoms with E-state index in [1.807, 2.05) is 0 Å². The first-order valence-electron chi connectivity index (χ1n) is 6.13. The van der Waals surface area contributed by atoms with Crippen LogP contribution in [0.1, 0.15) is 23.2 Å². The van der Waals surface area contributed by atoms with E-state index in [2.05, 4.69) is 5.32 Å². The molecule has 0 aliphatic carbocycles. The van der Waals surface area contributed by atoms with Gasteiger partial charge in [0, 0.05) is 34.4 Å². The normalized spacial score (nSPS) is 22.8. The summed E-state index contributed by atoms with van der Waals surface area (Å²) in [5.41, 5.74) is 0.229. The first-order chi connectivity index (χ1) is 9.10. The molecule has 1 amide bonds. The number of carbonyl (C=O) groups excluding carboxylic acids is 1. The van der Waals surface area contributed by atoms with E-state index in [-0.39, 0.29) is 23.3 Å². The van der Waals surface area contributed by atoms with Crippen molar-refractivity contribution in [3.05, 3.63) is 23.8 Å². The SMILES string of the molecule is COc1ccc(C(=O)NC2CCS(=O)CC2)c(O)c1. The molecule has 2 rings (SSSR count). The fourth-order valence-electron chi connectivity index (χ4n) is 2.03. The molecule has 0 radical (unpaired) electrons. The van der Waals surface area contributed by atoms with Gasteiger partial charge in [0.2, 0.25) is 0 Å². The molecule has 0 spiro atoms.